The maximum atomic E-state index is 12.9. The molecule has 0 saturated carbocycles. The Labute approximate surface area is 160 Å². The van der Waals surface area contributed by atoms with Gasteiger partial charge >= 0.3 is 5.97 Å². The molecule has 2 aromatic rings. The minimum Gasteiger partial charge on any atom is -0.466 e. The molecule has 5 nitrogen and oxygen atoms in total. The van der Waals surface area contributed by atoms with Crippen LogP contribution >= 0.6 is 0 Å². The van der Waals surface area contributed by atoms with Gasteiger partial charge in [0.1, 0.15) is 0 Å². The van der Waals surface area contributed by atoms with E-state index in [4.69, 9.17) is 4.74 Å². The SMILES string of the molecule is CCOC(=O)C1CCCN(C(=O)c2cncc(-c3ccc(CC)cc3)c2)C1. The second-order valence-corrected chi connectivity index (χ2v) is 6.86. The molecule has 0 radical (unpaired) electrons. The molecule has 1 aromatic heterocycles. The Morgan fingerprint density at radius 3 is 2.63 bits per heavy atom. The summed E-state index contributed by atoms with van der Waals surface area (Å²) in [6, 6.07) is 10.2. The summed E-state index contributed by atoms with van der Waals surface area (Å²) in [4.78, 5) is 31.0. The number of benzene rings is 1. The van der Waals surface area contributed by atoms with E-state index in [0.717, 1.165) is 30.4 Å². The van der Waals surface area contributed by atoms with Crippen molar-refractivity contribution in [3.05, 3.63) is 53.9 Å². The summed E-state index contributed by atoms with van der Waals surface area (Å²) in [7, 11) is 0. The molecular formula is C22H26N2O3. The fourth-order valence-corrected chi connectivity index (χ4v) is 3.44. The second-order valence-electron chi connectivity index (χ2n) is 6.86. The van der Waals surface area contributed by atoms with Crippen LogP contribution < -0.4 is 0 Å². The predicted molar refractivity (Wildman–Crippen MR) is 104 cm³/mol. The number of piperidine rings is 1. The molecule has 1 aliphatic rings. The number of pyridine rings is 1. The standard InChI is InChI=1S/C22H26N2O3/c1-3-16-7-9-17(10-8-16)19-12-20(14-23-13-19)21(25)24-11-5-6-18(15-24)22(26)27-4-2/h7-10,12-14,18H,3-6,11,15H2,1-2H3. The third-order valence-electron chi connectivity index (χ3n) is 5.01. The van der Waals surface area contributed by atoms with Crippen molar-refractivity contribution in [3.8, 4) is 11.1 Å². The Bertz CT molecular complexity index is 801. The number of carbonyl (C=O) groups excluding carboxylic acids is 2. The topological polar surface area (TPSA) is 59.5 Å². The number of likely N-dealkylation sites (tertiary alicyclic amines) is 1. The average Bonchev–Trinajstić information content (AvgIpc) is 2.73. The number of amides is 1. The molecule has 142 valence electrons. The summed E-state index contributed by atoms with van der Waals surface area (Å²) in [5.74, 6) is -0.526. The Morgan fingerprint density at radius 2 is 1.93 bits per heavy atom. The summed E-state index contributed by atoms with van der Waals surface area (Å²) in [6.07, 6.45) is 5.94. The highest BCUT2D eigenvalue weighted by molar-refractivity contribution is 5.95. The first-order valence-corrected chi connectivity index (χ1v) is 9.62. The fraction of sp³-hybridized carbons (Fsp3) is 0.409. The smallest absolute Gasteiger partial charge is 0.310 e. The van der Waals surface area contributed by atoms with E-state index in [-0.39, 0.29) is 17.8 Å². The molecule has 1 amide bonds. The number of rotatable bonds is 5. The van der Waals surface area contributed by atoms with Crippen molar-refractivity contribution >= 4 is 11.9 Å². The Kier molecular flexibility index (Phi) is 6.22. The van der Waals surface area contributed by atoms with E-state index in [1.165, 1.54) is 5.56 Å². The van der Waals surface area contributed by atoms with E-state index in [0.29, 0.717) is 25.3 Å². The predicted octanol–water partition coefficient (Wildman–Crippen LogP) is 3.73. The minimum absolute atomic E-state index is 0.0801. The van der Waals surface area contributed by atoms with Gasteiger partial charge in [-0.05, 0) is 43.4 Å². The van der Waals surface area contributed by atoms with Gasteiger partial charge in [0.15, 0.2) is 0 Å². The fourth-order valence-electron chi connectivity index (χ4n) is 3.44. The van der Waals surface area contributed by atoms with Crippen LogP contribution in [0.3, 0.4) is 0 Å². The van der Waals surface area contributed by atoms with Gasteiger partial charge in [0.05, 0.1) is 18.1 Å². The van der Waals surface area contributed by atoms with E-state index >= 15 is 0 Å². The summed E-state index contributed by atoms with van der Waals surface area (Å²) in [6.45, 7) is 5.36. The third-order valence-corrected chi connectivity index (χ3v) is 5.01. The van der Waals surface area contributed by atoms with Gasteiger partial charge in [-0.2, -0.15) is 0 Å². The molecule has 1 saturated heterocycles. The Hall–Kier alpha value is -2.69. The van der Waals surface area contributed by atoms with E-state index in [1.54, 1.807) is 24.2 Å². The molecule has 1 aromatic carbocycles. The van der Waals surface area contributed by atoms with Gasteiger partial charge in [0, 0.05) is 31.0 Å². The first kappa shape index (κ1) is 19.1. The number of hydrogen-bond acceptors (Lipinski definition) is 4. The van der Waals surface area contributed by atoms with Crippen molar-refractivity contribution in [2.75, 3.05) is 19.7 Å². The van der Waals surface area contributed by atoms with Gasteiger partial charge in [-0.3, -0.25) is 14.6 Å². The van der Waals surface area contributed by atoms with Crippen molar-refractivity contribution < 1.29 is 14.3 Å². The van der Waals surface area contributed by atoms with Crippen molar-refractivity contribution in [1.29, 1.82) is 0 Å². The molecule has 1 fully saturated rings. The first-order chi connectivity index (χ1) is 13.1. The highest BCUT2D eigenvalue weighted by atomic mass is 16.5. The molecule has 1 unspecified atom stereocenters. The van der Waals surface area contributed by atoms with Crippen molar-refractivity contribution in [2.45, 2.75) is 33.1 Å². The average molecular weight is 366 g/mol. The van der Waals surface area contributed by atoms with Crippen molar-refractivity contribution in [2.24, 2.45) is 5.92 Å². The zero-order chi connectivity index (χ0) is 19.2. The van der Waals surface area contributed by atoms with E-state index < -0.39 is 0 Å². The summed E-state index contributed by atoms with van der Waals surface area (Å²) in [5.41, 5.74) is 3.79. The summed E-state index contributed by atoms with van der Waals surface area (Å²) >= 11 is 0. The number of hydrogen-bond donors (Lipinski definition) is 0. The number of carbonyl (C=O) groups is 2. The molecule has 27 heavy (non-hydrogen) atoms. The van der Waals surface area contributed by atoms with Crippen LogP contribution in [0.1, 0.15) is 42.6 Å². The Morgan fingerprint density at radius 1 is 1.15 bits per heavy atom. The lowest BCUT2D eigenvalue weighted by molar-refractivity contribution is -0.149. The van der Waals surface area contributed by atoms with Crippen molar-refractivity contribution in [1.82, 2.24) is 9.88 Å². The minimum atomic E-state index is -0.236. The summed E-state index contributed by atoms with van der Waals surface area (Å²) in [5, 5.41) is 0. The van der Waals surface area contributed by atoms with E-state index in [1.807, 2.05) is 6.07 Å². The van der Waals surface area contributed by atoms with Gasteiger partial charge in [0.2, 0.25) is 0 Å². The zero-order valence-corrected chi connectivity index (χ0v) is 16.0. The Balaban J connectivity index is 1.75. The van der Waals surface area contributed by atoms with Crippen molar-refractivity contribution in [3.63, 3.8) is 0 Å². The third kappa shape index (κ3) is 4.54. The molecule has 0 spiro atoms. The monoisotopic (exact) mass is 366 g/mol. The highest BCUT2D eigenvalue weighted by Crippen LogP contribution is 2.23. The number of esters is 1. The molecule has 3 rings (SSSR count). The quantitative estimate of drug-likeness (QED) is 0.757. The van der Waals surface area contributed by atoms with E-state index in [9.17, 15) is 9.59 Å². The molecule has 0 N–H and O–H groups in total. The van der Waals surface area contributed by atoms with Gasteiger partial charge in [-0.1, -0.05) is 31.2 Å². The van der Waals surface area contributed by atoms with Crippen LogP contribution in [0.4, 0.5) is 0 Å². The van der Waals surface area contributed by atoms with Crippen LogP contribution in [-0.4, -0.2) is 41.5 Å². The zero-order valence-electron chi connectivity index (χ0n) is 16.0. The normalized spacial score (nSPS) is 16.8. The molecular weight excluding hydrogens is 340 g/mol. The maximum absolute atomic E-state index is 12.9. The van der Waals surface area contributed by atoms with Gasteiger partial charge in [0.25, 0.3) is 5.91 Å². The number of nitrogens with zero attached hydrogens (tertiary/aromatic N) is 2. The largest absolute Gasteiger partial charge is 0.466 e. The lowest BCUT2D eigenvalue weighted by atomic mass is 9.97. The second kappa shape index (κ2) is 8.80. The molecule has 2 heterocycles. The van der Waals surface area contributed by atoms with Gasteiger partial charge in [-0.25, -0.2) is 0 Å². The highest BCUT2D eigenvalue weighted by Gasteiger charge is 2.30. The summed E-state index contributed by atoms with van der Waals surface area (Å²) < 4.78 is 5.12. The van der Waals surface area contributed by atoms with Crippen LogP contribution in [-0.2, 0) is 16.0 Å². The molecule has 0 bridgehead atoms. The molecule has 1 atom stereocenters. The number of aromatic nitrogens is 1. The molecule has 1 aliphatic heterocycles. The number of aryl methyl sites for hydroxylation is 1. The molecule has 5 heteroatoms. The number of ether oxygens (including phenoxy) is 1. The van der Waals surface area contributed by atoms with Crippen LogP contribution in [0, 0.1) is 5.92 Å². The van der Waals surface area contributed by atoms with Crippen LogP contribution in [0.15, 0.2) is 42.7 Å². The lowest BCUT2D eigenvalue weighted by Crippen LogP contribution is -2.42. The first-order valence-electron chi connectivity index (χ1n) is 9.62. The van der Waals surface area contributed by atoms with E-state index in [2.05, 4.69) is 36.2 Å². The maximum Gasteiger partial charge on any atom is 0.310 e. The van der Waals surface area contributed by atoms with Gasteiger partial charge in [-0.15, -0.1) is 0 Å². The molecule has 0 aliphatic carbocycles. The van der Waals surface area contributed by atoms with Crippen LogP contribution in [0.2, 0.25) is 0 Å². The van der Waals surface area contributed by atoms with Crippen LogP contribution in [0.5, 0.6) is 0 Å². The van der Waals surface area contributed by atoms with Gasteiger partial charge < -0.3 is 9.64 Å². The lowest BCUT2D eigenvalue weighted by Gasteiger charge is -2.31. The van der Waals surface area contributed by atoms with Crippen LogP contribution in [0.25, 0.3) is 11.1 Å².